The minimum absolute atomic E-state index is 0.406. The predicted octanol–water partition coefficient (Wildman–Crippen LogP) is 6.07. The summed E-state index contributed by atoms with van der Waals surface area (Å²) < 4.78 is 0. The summed E-state index contributed by atoms with van der Waals surface area (Å²) in [5.41, 5.74) is 2.85. The van der Waals surface area contributed by atoms with Crippen molar-refractivity contribution < 1.29 is 0 Å². The number of rotatable bonds is 7. The van der Waals surface area contributed by atoms with Crippen molar-refractivity contribution in [2.24, 2.45) is 5.92 Å². The van der Waals surface area contributed by atoms with Gasteiger partial charge in [0, 0.05) is 0 Å². The molecule has 1 aliphatic heterocycles. The number of likely N-dealkylation sites (tertiary alicyclic amines) is 1. The van der Waals surface area contributed by atoms with Gasteiger partial charge < -0.3 is 0 Å². The van der Waals surface area contributed by atoms with E-state index in [1.165, 1.54) is 62.7 Å². The van der Waals surface area contributed by atoms with Gasteiger partial charge in [-0.1, -0.05) is 93.3 Å². The molecular formula is C23H31N. The van der Waals surface area contributed by atoms with E-state index < -0.39 is 0 Å². The molecule has 0 spiro atoms. The van der Waals surface area contributed by atoms with Crippen LogP contribution in [0.2, 0.25) is 0 Å². The van der Waals surface area contributed by atoms with Gasteiger partial charge in [0.05, 0.1) is 6.04 Å². The highest BCUT2D eigenvalue weighted by atomic mass is 15.2. The van der Waals surface area contributed by atoms with Gasteiger partial charge in [0.2, 0.25) is 0 Å². The van der Waals surface area contributed by atoms with Gasteiger partial charge in [-0.25, -0.2) is 0 Å². The minimum atomic E-state index is 0.406. The third-order valence-electron chi connectivity index (χ3n) is 5.46. The first kappa shape index (κ1) is 17.2. The summed E-state index contributed by atoms with van der Waals surface area (Å²) in [6.07, 6.45) is 8.31. The van der Waals surface area contributed by atoms with Crippen LogP contribution in [0.25, 0.3) is 0 Å². The first-order chi connectivity index (χ1) is 11.9. The fraction of sp³-hybridized carbons (Fsp3) is 0.478. The van der Waals surface area contributed by atoms with Gasteiger partial charge in [-0.05, 0) is 43.0 Å². The van der Waals surface area contributed by atoms with Crippen LogP contribution in [0.15, 0.2) is 60.7 Å². The molecule has 1 fully saturated rings. The molecule has 0 atom stereocenters. The minimum Gasteiger partial charge on any atom is -0.292 e. The highest BCUT2D eigenvalue weighted by Gasteiger charge is 2.26. The van der Waals surface area contributed by atoms with Gasteiger partial charge in [0.25, 0.3) is 0 Å². The lowest BCUT2D eigenvalue weighted by Gasteiger charge is -2.38. The number of unbranched alkanes of at least 4 members (excludes halogenated alkanes) is 2. The number of piperidine rings is 1. The highest BCUT2D eigenvalue weighted by Crippen LogP contribution is 2.33. The van der Waals surface area contributed by atoms with E-state index in [4.69, 9.17) is 0 Å². The third-order valence-corrected chi connectivity index (χ3v) is 5.46. The molecule has 2 aromatic rings. The van der Waals surface area contributed by atoms with Crippen LogP contribution in [-0.2, 0) is 0 Å². The van der Waals surface area contributed by atoms with E-state index >= 15 is 0 Å². The van der Waals surface area contributed by atoms with Crippen molar-refractivity contribution in [1.29, 1.82) is 0 Å². The van der Waals surface area contributed by atoms with Crippen LogP contribution < -0.4 is 0 Å². The monoisotopic (exact) mass is 321 g/mol. The lowest BCUT2D eigenvalue weighted by atomic mass is 9.88. The zero-order chi connectivity index (χ0) is 16.6. The fourth-order valence-electron chi connectivity index (χ4n) is 4.07. The summed E-state index contributed by atoms with van der Waals surface area (Å²) in [6, 6.07) is 22.4. The van der Waals surface area contributed by atoms with Crippen LogP contribution in [-0.4, -0.2) is 18.0 Å². The highest BCUT2D eigenvalue weighted by molar-refractivity contribution is 5.31. The van der Waals surface area contributed by atoms with Gasteiger partial charge in [-0.3, -0.25) is 4.90 Å². The van der Waals surface area contributed by atoms with Crippen LogP contribution >= 0.6 is 0 Å². The summed E-state index contributed by atoms with van der Waals surface area (Å²) in [5, 5.41) is 0. The Kier molecular flexibility index (Phi) is 6.48. The standard InChI is InChI=1S/C23H31N/c1-2-3-6-11-20-16-18-24(19-17-20)23(21-12-7-4-8-13-21)22-14-9-5-10-15-22/h4-5,7-10,12-15,20,23H,2-3,6,11,16-19H2,1H3. The molecule has 0 N–H and O–H groups in total. The molecule has 0 aromatic heterocycles. The molecule has 1 heteroatoms. The Morgan fingerprint density at radius 2 is 1.38 bits per heavy atom. The first-order valence-corrected chi connectivity index (χ1v) is 9.72. The topological polar surface area (TPSA) is 3.24 Å². The molecule has 0 radical (unpaired) electrons. The van der Waals surface area contributed by atoms with E-state index in [0.717, 1.165) is 5.92 Å². The lowest BCUT2D eigenvalue weighted by Crippen LogP contribution is -2.37. The van der Waals surface area contributed by atoms with Crippen molar-refractivity contribution in [2.75, 3.05) is 13.1 Å². The van der Waals surface area contributed by atoms with Gasteiger partial charge in [-0.15, -0.1) is 0 Å². The molecule has 24 heavy (non-hydrogen) atoms. The summed E-state index contributed by atoms with van der Waals surface area (Å²) in [6.45, 7) is 4.75. The maximum Gasteiger partial charge on any atom is 0.0601 e. The molecule has 0 bridgehead atoms. The van der Waals surface area contributed by atoms with E-state index in [-0.39, 0.29) is 0 Å². The maximum absolute atomic E-state index is 2.70. The number of hydrogen-bond donors (Lipinski definition) is 0. The molecule has 1 saturated heterocycles. The summed E-state index contributed by atoms with van der Waals surface area (Å²) in [4.78, 5) is 2.70. The normalized spacial score (nSPS) is 16.6. The smallest absolute Gasteiger partial charge is 0.0601 e. The zero-order valence-corrected chi connectivity index (χ0v) is 15.0. The van der Waals surface area contributed by atoms with E-state index in [1.54, 1.807) is 0 Å². The Morgan fingerprint density at radius 1 is 0.833 bits per heavy atom. The van der Waals surface area contributed by atoms with Crippen molar-refractivity contribution in [2.45, 2.75) is 51.5 Å². The van der Waals surface area contributed by atoms with Crippen molar-refractivity contribution in [3.8, 4) is 0 Å². The van der Waals surface area contributed by atoms with Gasteiger partial charge >= 0.3 is 0 Å². The van der Waals surface area contributed by atoms with Gasteiger partial charge in [0.15, 0.2) is 0 Å². The molecule has 1 heterocycles. The Morgan fingerprint density at radius 3 is 1.88 bits per heavy atom. The molecule has 2 aromatic carbocycles. The molecule has 0 amide bonds. The summed E-state index contributed by atoms with van der Waals surface area (Å²) >= 11 is 0. The molecule has 0 saturated carbocycles. The van der Waals surface area contributed by atoms with Crippen molar-refractivity contribution in [1.82, 2.24) is 4.90 Å². The quantitative estimate of drug-likeness (QED) is 0.560. The summed E-state index contributed by atoms with van der Waals surface area (Å²) in [5.74, 6) is 0.944. The van der Waals surface area contributed by atoms with E-state index in [1.807, 2.05) is 0 Å². The molecule has 1 nitrogen and oxygen atoms in total. The van der Waals surface area contributed by atoms with Crippen molar-refractivity contribution in [3.05, 3.63) is 71.8 Å². The second-order valence-electron chi connectivity index (χ2n) is 7.20. The maximum atomic E-state index is 2.70. The van der Waals surface area contributed by atoms with Crippen LogP contribution in [0.5, 0.6) is 0 Å². The molecular weight excluding hydrogens is 290 g/mol. The molecule has 3 rings (SSSR count). The van der Waals surface area contributed by atoms with E-state index in [9.17, 15) is 0 Å². The SMILES string of the molecule is CCCCCC1CCN(C(c2ccccc2)c2ccccc2)CC1. The average molecular weight is 322 g/mol. The fourth-order valence-corrected chi connectivity index (χ4v) is 4.07. The lowest BCUT2D eigenvalue weighted by molar-refractivity contribution is 0.146. The third kappa shape index (κ3) is 4.48. The van der Waals surface area contributed by atoms with Crippen LogP contribution in [0.4, 0.5) is 0 Å². The van der Waals surface area contributed by atoms with Gasteiger partial charge in [0.1, 0.15) is 0 Å². The molecule has 0 unspecified atom stereocenters. The number of hydrogen-bond acceptors (Lipinski definition) is 1. The van der Waals surface area contributed by atoms with Gasteiger partial charge in [-0.2, -0.15) is 0 Å². The average Bonchev–Trinajstić information content (AvgIpc) is 2.65. The molecule has 0 aliphatic carbocycles. The predicted molar refractivity (Wildman–Crippen MR) is 103 cm³/mol. The number of nitrogens with zero attached hydrogens (tertiary/aromatic N) is 1. The van der Waals surface area contributed by atoms with E-state index in [0.29, 0.717) is 6.04 Å². The van der Waals surface area contributed by atoms with Crippen molar-refractivity contribution in [3.63, 3.8) is 0 Å². The second kappa shape index (κ2) is 9.03. The van der Waals surface area contributed by atoms with Crippen LogP contribution in [0.1, 0.15) is 62.6 Å². The zero-order valence-electron chi connectivity index (χ0n) is 15.0. The molecule has 128 valence electrons. The largest absolute Gasteiger partial charge is 0.292 e. The van der Waals surface area contributed by atoms with E-state index in [2.05, 4.69) is 72.5 Å². The summed E-state index contributed by atoms with van der Waals surface area (Å²) in [7, 11) is 0. The Hall–Kier alpha value is -1.60. The number of benzene rings is 2. The molecule has 1 aliphatic rings. The Labute approximate surface area is 147 Å². The van der Waals surface area contributed by atoms with Crippen molar-refractivity contribution >= 4 is 0 Å². The van der Waals surface area contributed by atoms with Crippen LogP contribution in [0.3, 0.4) is 0 Å². The van der Waals surface area contributed by atoms with Crippen LogP contribution in [0, 0.1) is 5.92 Å². The first-order valence-electron chi connectivity index (χ1n) is 9.72. The Balaban J connectivity index is 1.69. The Bertz CT molecular complexity index is 530. The second-order valence-corrected chi connectivity index (χ2v) is 7.20.